The Kier molecular flexibility index (Phi) is 4.41. The predicted octanol–water partition coefficient (Wildman–Crippen LogP) is 4.14. The molecule has 0 amide bonds. The van der Waals surface area contributed by atoms with Gasteiger partial charge in [-0.25, -0.2) is 4.39 Å². The molecule has 1 aliphatic heterocycles. The number of benzene rings is 2. The number of halogens is 2. The Balaban J connectivity index is 2.00. The van der Waals surface area contributed by atoms with E-state index >= 15 is 0 Å². The van der Waals surface area contributed by atoms with Crippen LogP contribution in [0.1, 0.15) is 24.4 Å². The van der Waals surface area contributed by atoms with E-state index in [0.717, 1.165) is 11.4 Å². The van der Waals surface area contributed by atoms with Gasteiger partial charge in [0, 0.05) is 22.7 Å². The zero-order valence-corrected chi connectivity index (χ0v) is 12.8. The maximum atomic E-state index is 14.2. The summed E-state index contributed by atoms with van der Waals surface area (Å²) in [6, 6.07) is 14.1. The van der Waals surface area contributed by atoms with Crippen molar-refractivity contribution in [3.8, 4) is 0 Å². The number of hydrazone groups is 1. The minimum atomic E-state index is -0.219. The fourth-order valence-corrected chi connectivity index (χ4v) is 2.92. The van der Waals surface area contributed by atoms with Crippen molar-refractivity contribution in [3.05, 3.63) is 64.9 Å². The Morgan fingerprint density at radius 3 is 2.77 bits per heavy atom. The first-order chi connectivity index (χ1) is 10.7. The molecular weight excluding hydrogens is 301 g/mol. The largest absolute Gasteiger partial charge is 0.330 e. The second kappa shape index (κ2) is 6.46. The maximum Gasteiger partial charge on any atom is 0.128 e. The van der Waals surface area contributed by atoms with Crippen molar-refractivity contribution in [1.82, 2.24) is 0 Å². The third kappa shape index (κ3) is 2.98. The lowest BCUT2D eigenvalue weighted by Gasteiger charge is -2.24. The number of hydrogen-bond acceptors (Lipinski definition) is 3. The minimum absolute atomic E-state index is 0.166. The van der Waals surface area contributed by atoms with E-state index < -0.39 is 0 Å². The van der Waals surface area contributed by atoms with Crippen molar-refractivity contribution in [3.63, 3.8) is 0 Å². The second-order valence-corrected chi connectivity index (χ2v) is 5.71. The van der Waals surface area contributed by atoms with Gasteiger partial charge in [0.2, 0.25) is 0 Å². The Labute approximate surface area is 134 Å². The van der Waals surface area contributed by atoms with Gasteiger partial charge >= 0.3 is 0 Å². The summed E-state index contributed by atoms with van der Waals surface area (Å²) < 4.78 is 14.2. The molecule has 0 saturated heterocycles. The molecule has 114 valence electrons. The van der Waals surface area contributed by atoms with E-state index in [2.05, 4.69) is 5.10 Å². The van der Waals surface area contributed by atoms with Gasteiger partial charge in [0.1, 0.15) is 5.82 Å². The monoisotopic (exact) mass is 317 g/mol. The summed E-state index contributed by atoms with van der Waals surface area (Å²) in [6.45, 7) is 0.534. The van der Waals surface area contributed by atoms with E-state index in [4.69, 9.17) is 17.3 Å². The van der Waals surface area contributed by atoms with Crippen LogP contribution < -0.4 is 10.7 Å². The third-order valence-electron chi connectivity index (χ3n) is 3.74. The average Bonchev–Trinajstić information content (AvgIpc) is 2.92. The van der Waals surface area contributed by atoms with E-state index in [9.17, 15) is 4.39 Å². The van der Waals surface area contributed by atoms with Crippen LogP contribution in [0.15, 0.2) is 53.6 Å². The SMILES string of the molecule is NCCC1=NN(c2cccc(Cl)c2)C(c2ccccc2F)C1. The smallest absolute Gasteiger partial charge is 0.128 e. The molecule has 2 N–H and O–H groups in total. The van der Waals surface area contributed by atoms with Crippen molar-refractivity contribution in [2.24, 2.45) is 10.8 Å². The van der Waals surface area contributed by atoms with Crippen molar-refractivity contribution < 1.29 is 4.39 Å². The van der Waals surface area contributed by atoms with Crippen molar-refractivity contribution in [2.45, 2.75) is 18.9 Å². The van der Waals surface area contributed by atoms with Crippen LogP contribution in [0.5, 0.6) is 0 Å². The quantitative estimate of drug-likeness (QED) is 0.921. The Morgan fingerprint density at radius 1 is 1.23 bits per heavy atom. The fourth-order valence-electron chi connectivity index (χ4n) is 2.73. The zero-order chi connectivity index (χ0) is 15.5. The molecule has 1 heterocycles. The van der Waals surface area contributed by atoms with E-state index in [0.29, 0.717) is 30.0 Å². The Hall–Kier alpha value is -1.91. The van der Waals surface area contributed by atoms with Crippen LogP contribution in [0, 0.1) is 5.82 Å². The topological polar surface area (TPSA) is 41.6 Å². The summed E-state index contributed by atoms with van der Waals surface area (Å²) in [5, 5.41) is 7.11. The maximum absolute atomic E-state index is 14.2. The summed E-state index contributed by atoms with van der Waals surface area (Å²) in [7, 11) is 0. The van der Waals surface area contributed by atoms with Gasteiger partial charge in [0.25, 0.3) is 0 Å². The molecule has 0 spiro atoms. The van der Waals surface area contributed by atoms with Crippen LogP contribution in [0.4, 0.5) is 10.1 Å². The number of anilines is 1. The van der Waals surface area contributed by atoms with Crippen LogP contribution in [0.2, 0.25) is 5.02 Å². The molecule has 3 nitrogen and oxygen atoms in total. The van der Waals surface area contributed by atoms with E-state index in [1.54, 1.807) is 12.1 Å². The van der Waals surface area contributed by atoms with Crippen molar-refractivity contribution in [1.29, 1.82) is 0 Å². The average molecular weight is 318 g/mol. The zero-order valence-electron chi connectivity index (χ0n) is 12.0. The number of hydrogen-bond donors (Lipinski definition) is 1. The summed E-state index contributed by atoms with van der Waals surface area (Å²) in [4.78, 5) is 0. The van der Waals surface area contributed by atoms with E-state index in [1.807, 2.05) is 35.3 Å². The van der Waals surface area contributed by atoms with Crippen LogP contribution in [0.25, 0.3) is 0 Å². The van der Waals surface area contributed by atoms with Gasteiger partial charge in [-0.3, -0.25) is 5.01 Å². The summed E-state index contributed by atoms with van der Waals surface area (Å²) in [6.07, 6.45) is 1.38. The second-order valence-electron chi connectivity index (χ2n) is 5.27. The molecule has 1 atom stereocenters. The van der Waals surface area contributed by atoms with Crippen LogP contribution in [-0.4, -0.2) is 12.3 Å². The molecule has 1 aliphatic rings. The van der Waals surface area contributed by atoms with Gasteiger partial charge < -0.3 is 5.73 Å². The highest BCUT2D eigenvalue weighted by molar-refractivity contribution is 6.30. The molecule has 2 aromatic rings. The summed E-state index contributed by atoms with van der Waals surface area (Å²) in [5.41, 5.74) is 8.11. The highest BCUT2D eigenvalue weighted by atomic mass is 35.5. The van der Waals surface area contributed by atoms with Crippen LogP contribution >= 0.6 is 11.6 Å². The molecule has 0 radical (unpaired) electrons. The molecule has 0 saturated carbocycles. The normalized spacial score (nSPS) is 17.7. The van der Waals surface area contributed by atoms with Gasteiger partial charge in [-0.15, -0.1) is 0 Å². The number of nitrogens with zero attached hydrogens (tertiary/aromatic N) is 2. The van der Waals surface area contributed by atoms with Gasteiger partial charge in [-0.05, 0) is 37.2 Å². The molecule has 0 bridgehead atoms. The molecular formula is C17H17ClFN3. The van der Waals surface area contributed by atoms with Gasteiger partial charge in [-0.2, -0.15) is 5.10 Å². The highest BCUT2D eigenvalue weighted by Gasteiger charge is 2.30. The first kappa shape index (κ1) is 15.0. The standard InChI is InChI=1S/C17H17ClFN3/c18-12-4-3-5-14(10-12)22-17(11-13(21-22)8-9-20)15-6-1-2-7-16(15)19/h1-7,10,17H,8-9,11,20H2. The lowest BCUT2D eigenvalue weighted by atomic mass is 10.00. The first-order valence-corrected chi connectivity index (χ1v) is 7.62. The van der Waals surface area contributed by atoms with E-state index in [-0.39, 0.29) is 11.9 Å². The third-order valence-corrected chi connectivity index (χ3v) is 3.98. The molecule has 5 heteroatoms. The van der Waals surface area contributed by atoms with Gasteiger partial charge in [0.15, 0.2) is 0 Å². The molecule has 1 unspecified atom stereocenters. The van der Waals surface area contributed by atoms with Crippen LogP contribution in [-0.2, 0) is 0 Å². The predicted molar refractivity (Wildman–Crippen MR) is 88.8 cm³/mol. The van der Waals surface area contributed by atoms with Gasteiger partial charge in [-0.1, -0.05) is 35.9 Å². The number of nitrogens with two attached hydrogens (primary N) is 1. The van der Waals surface area contributed by atoms with Crippen LogP contribution in [0.3, 0.4) is 0 Å². The lowest BCUT2D eigenvalue weighted by Crippen LogP contribution is -2.19. The molecule has 0 fully saturated rings. The fraction of sp³-hybridized carbons (Fsp3) is 0.235. The molecule has 3 rings (SSSR count). The molecule has 22 heavy (non-hydrogen) atoms. The molecule has 0 aliphatic carbocycles. The molecule has 0 aromatic heterocycles. The Morgan fingerprint density at radius 2 is 2.05 bits per heavy atom. The van der Waals surface area contributed by atoms with E-state index in [1.165, 1.54) is 6.07 Å². The van der Waals surface area contributed by atoms with Gasteiger partial charge in [0.05, 0.1) is 11.7 Å². The summed E-state index contributed by atoms with van der Waals surface area (Å²) in [5.74, 6) is -0.219. The number of rotatable bonds is 4. The van der Waals surface area contributed by atoms with Crippen molar-refractivity contribution >= 4 is 23.0 Å². The molecule has 2 aromatic carbocycles. The highest BCUT2D eigenvalue weighted by Crippen LogP contribution is 2.37. The first-order valence-electron chi connectivity index (χ1n) is 7.24. The van der Waals surface area contributed by atoms with Crippen molar-refractivity contribution in [2.75, 3.05) is 11.6 Å². The minimum Gasteiger partial charge on any atom is -0.330 e. The summed E-state index contributed by atoms with van der Waals surface area (Å²) >= 11 is 6.08. The lowest BCUT2D eigenvalue weighted by molar-refractivity contribution is 0.579. The Bertz CT molecular complexity index is 702.